The number of nitrogens with one attached hydrogen (secondary N) is 1. The highest BCUT2D eigenvalue weighted by Crippen LogP contribution is 2.25. The van der Waals surface area contributed by atoms with Gasteiger partial charge in [-0.1, -0.05) is 29.8 Å². The number of benzene rings is 2. The molecule has 8 heteroatoms. The van der Waals surface area contributed by atoms with Gasteiger partial charge in [-0.3, -0.25) is 10.1 Å². The minimum atomic E-state index is -0.246. The first-order valence-corrected chi connectivity index (χ1v) is 11.4. The zero-order valence-electron chi connectivity index (χ0n) is 18.1. The van der Waals surface area contributed by atoms with Gasteiger partial charge in [-0.25, -0.2) is 9.67 Å². The third-order valence-electron chi connectivity index (χ3n) is 5.03. The molecule has 0 fully saturated rings. The average Bonchev–Trinajstić information content (AvgIpc) is 3.39. The van der Waals surface area contributed by atoms with Crippen molar-refractivity contribution in [3.8, 4) is 5.75 Å². The Morgan fingerprint density at radius 1 is 1.16 bits per heavy atom. The van der Waals surface area contributed by atoms with Gasteiger partial charge in [-0.05, 0) is 72.7 Å². The molecule has 4 aromatic rings. The van der Waals surface area contributed by atoms with Crippen LogP contribution < -0.4 is 10.1 Å². The molecule has 0 unspecified atom stereocenters. The summed E-state index contributed by atoms with van der Waals surface area (Å²) >= 11 is 7.39. The third-order valence-corrected chi connectivity index (χ3v) is 6.24. The number of thiophene rings is 1. The number of aromatic nitrogens is 3. The Bertz CT molecular complexity index is 1260. The highest BCUT2D eigenvalue weighted by atomic mass is 35.5. The van der Waals surface area contributed by atoms with Gasteiger partial charge in [0.05, 0.1) is 11.4 Å². The molecule has 0 aliphatic heterocycles. The molecular formula is C24H23ClN4O2S. The number of anilines is 1. The predicted molar refractivity (Wildman–Crippen MR) is 128 cm³/mol. The van der Waals surface area contributed by atoms with Crippen LogP contribution in [0.4, 0.5) is 5.95 Å². The number of nitrogens with zero attached hydrogens (tertiary/aromatic N) is 3. The molecule has 1 N–H and O–H groups in total. The fourth-order valence-corrected chi connectivity index (χ4v) is 4.30. The molecule has 0 atom stereocenters. The van der Waals surface area contributed by atoms with Gasteiger partial charge in [0.15, 0.2) is 0 Å². The van der Waals surface area contributed by atoms with Crippen molar-refractivity contribution in [1.82, 2.24) is 14.8 Å². The maximum absolute atomic E-state index is 12.6. The van der Waals surface area contributed by atoms with Crippen LogP contribution in [0.3, 0.4) is 0 Å². The Labute approximate surface area is 195 Å². The summed E-state index contributed by atoms with van der Waals surface area (Å²) in [5, 5.41) is 9.67. The quantitative estimate of drug-likeness (QED) is 0.374. The number of rotatable bonds is 7. The fourth-order valence-electron chi connectivity index (χ4n) is 3.30. The first kappa shape index (κ1) is 22.0. The largest absolute Gasteiger partial charge is 0.489 e. The van der Waals surface area contributed by atoms with E-state index in [1.165, 1.54) is 16.9 Å². The van der Waals surface area contributed by atoms with Gasteiger partial charge < -0.3 is 4.74 Å². The van der Waals surface area contributed by atoms with E-state index in [0.29, 0.717) is 23.1 Å². The van der Waals surface area contributed by atoms with Crippen molar-refractivity contribution < 1.29 is 9.53 Å². The van der Waals surface area contributed by atoms with Gasteiger partial charge in [0.2, 0.25) is 5.95 Å². The van der Waals surface area contributed by atoms with Crippen molar-refractivity contribution in [3.63, 3.8) is 0 Å². The lowest BCUT2D eigenvalue weighted by Gasteiger charge is -2.11. The summed E-state index contributed by atoms with van der Waals surface area (Å²) in [5.74, 6) is 0.882. The first-order valence-electron chi connectivity index (χ1n) is 10.1. The van der Waals surface area contributed by atoms with E-state index in [1.54, 1.807) is 11.0 Å². The molecule has 2 heterocycles. The van der Waals surface area contributed by atoms with Crippen molar-refractivity contribution in [3.05, 3.63) is 91.9 Å². The molecule has 4 rings (SSSR count). The van der Waals surface area contributed by atoms with Crippen LogP contribution in [0.25, 0.3) is 0 Å². The Morgan fingerprint density at radius 2 is 2.00 bits per heavy atom. The van der Waals surface area contributed by atoms with E-state index < -0.39 is 0 Å². The molecule has 0 bridgehead atoms. The SMILES string of the molecule is Cc1cc(C)c(C)c(OCc2csc(C(=O)Nc3ncn(Cc4cccc(Cl)c4)n3)c2)c1. The van der Waals surface area contributed by atoms with Crippen molar-refractivity contribution in [2.24, 2.45) is 0 Å². The predicted octanol–water partition coefficient (Wildman–Crippen LogP) is 5.80. The van der Waals surface area contributed by atoms with Gasteiger partial charge in [-0.2, -0.15) is 0 Å². The molecule has 0 radical (unpaired) electrons. The summed E-state index contributed by atoms with van der Waals surface area (Å²) in [6.45, 7) is 7.10. The maximum atomic E-state index is 12.6. The molecule has 2 aromatic heterocycles. The van der Waals surface area contributed by atoms with Crippen molar-refractivity contribution in [2.45, 2.75) is 33.9 Å². The molecule has 0 spiro atoms. The number of ether oxygens (including phenoxy) is 1. The van der Waals surface area contributed by atoms with Gasteiger partial charge in [0.1, 0.15) is 18.7 Å². The smallest absolute Gasteiger partial charge is 0.268 e. The lowest BCUT2D eigenvalue weighted by atomic mass is 10.1. The van der Waals surface area contributed by atoms with Crippen molar-refractivity contribution >= 4 is 34.8 Å². The number of halogens is 1. The summed E-state index contributed by atoms with van der Waals surface area (Å²) in [6, 6.07) is 13.5. The summed E-state index contributed by atoms with van der Waals surface area (Å²) in [5.41, 5.74) is 5.44. The van der Waals surface area contributed by atoms with Crippen LogP contribution in [0.1, 0.15) is 37.5 Å². The van der Waals surface area contributed by atoms with Gasteiger partial charge in [0, 0.05) is 10.6 Å². The Balaban J connectivity index is 1.36. The van der Waals surface area contributed by atoms with Crippen LogP contribution >= 0.6 is 22.9 Å². The normalized spacial score (nSPS) is 10.9. The second kappa shape index (κ2) is 9.54. The minimum absolute atomic E-state index is 0.246. The molecule has 164 valence electrons. The van der Waals surface area contributed by atoms with Gasteiger partial charge in [0.25, 0.3) is 5.91 Å². The van der Waals surface area contributed by atoms with E-state index in [2.05, 4.69) is 42.2 Å². The van der Waals surface area contributed by atoms with E-state index >= 15 is 0 Å². The lowest BCUT2D eigenvalue weighted by Crippen LogP contribution is -2.12. The van der Waals surface area contributed by atoms with E-state index in [0.717, 1.165) is 28.0 Å². The fraction of sp³-hybridized carbons (Fsp3) is 0.208. The Hall–Kier alpha value is -3.16. The van der Waals surface area contributed by atoms with E-state index in [1.807, 2.05) is 41.8 Å². The number of hydrogen-bond acceptors (Lipinski definition) is 5. The topological polar surface area (TPSA) is 69.0 Å². The molecule has 6 nitrogen and oxygen atoms in total. The van der Waals surface area contributed by atoms with Crippen LogP contribution in [-0.4, -0.2) is 20.7 Å². The van der Waals surface area contributed by atoms with E-state index in [-0.39, 0.29) is 11.9 Å². The number of amides is 1. The zero-order chi connectivity index (χ0) is 22.7. The van der Waals surface area contributed by atoms with E-state index in [4.69, 9.17) is 16.3 Å². The summed E-state index contributed by atoms with van der Waals surface area (Å²) < 4.78 is 7.66. The third kappa shape index (κ3) is 5.36. The lowest BCUT2D eigenvalue weighted by molar-refractivity contribution is 0.102. The van der Waals surface area contributed by atoms with E-state index in [9.17, 15) is 4.79 Å². The van der Waals surface area contributed by atoms with Crippen LogP contribution in [0.15, 0.2) is 54.2 Å². The second-order valence-corrected chi connectivity index (χ2v) is 9.01. The zero-order valence-corrected chi connectivity index (χ0v) is 19.6. The molecule has 1 amide bonds. The number of hydrogen-bond donors (Lipinski definition) is 1. The highest BCUT2D eigenvalue weighted by molar-refractivity contribution is 7.12. The Morgan fingerprint density at radius 3 is 2.81 bits per heavy atom. The summed E-state index contributed by atoms with van der Waals surface area (Å²) in [7, 11) is 0. The molecule has 0 aliphatic rings. The van der Waals surface area contributed by atoms with Gasteiger partial charge >= 0.3 is 0 Å². The maximum Gasteiger partial charge on any atom is 0.268 e. The molecule has 0 aliphatic carbocycles. The molecular weight excluding hydrogens is 444 g/mol. The van der Waals surface area contributed by atoms with Crippen LogP contribution in [-0.2, 0) is 13.2 Å². The molecule has 2 aromatic carbocycles. The van der Waals surface area contributed by atoms with Crippen molar-refractivity contribution in [2.75, 3.05) is 5.32 Å². The number of aryl methyl sites for hydroxylation is 2. The van der Waals surface area contributed by atoms with Crippen LogP contribution in [0, 0.1) is 20.8 Å². The highest BCUT2D eigenvalue weighted by Gasteiger charge is 2.13. The summed E-state index contributed by atoms with van der Waals surface area (Å²) in [4.78, 5) is 17.4. The first-order chi connectivity index (χ1) is 15.4. The van der Waals surface area contributed by atoms with Crippen LogP contribution in [0.5, 0.6) is 5.75 Å². The molecule has 0 saturated heterocycles. The average molecular weight is 467 g/mol. The van der Waals surface area contributed by atoms with Gasteiger partial charge in [-0.15, -0.1) is 16.4 Å². The monoisotopic (exact) mass is 466 g/mol. The number of carbonyl (C=O) groups is 1. The Kier molecular flexibility index (Phi) is 6.58. The van der Waals surface area contributed by atoms with Crippen molar-refractivity contribution in [1.29, 1.82) is 0 Å². The second-order valence-electron chi connectivity index (χ2n) is 7.66. The minimum Gasteiger partial charge on any atom is -0.489 e. The standard InChI is InChI=1S/C24H23ClN4O2S/c1-15-7-16(2)17(3)21(8-15)31-12-19-10-22(32-13-19)23(30)27-24-26-14-29(28-24)11-18-5-4-6-20(25)9-18/h4-10,13-14H,11-12H2,1-3H3,(H,27,28,30). The summed E-state index contributed by atoms with van der Waals surface area (Å²) in [6.07, 6.45) is 1.58. The van der Waals surface area contributed by atoms with Crippen LogP contribution in [0.2, 0.25) is 5.02 Å². The molecule has 0 saturated carbocycles. The molecule has 32 heavy (non-hydrogen) atoms. The number of carbonyl (C=O) groups excluding carboxylic acids is 1.